The fraction of sp³-hybridized carbons (Fsp3) is 0.452. The average molecular weight is 608 g/mol. The fourth-order valence-electron chi connectivity index (χ4n) is 4.97. The minimum absolute atomic E-state index is 0.0335. The van der Waals surface area contributed by atoms with Crippen LogP contribution in [0.25, 0.3) is 0 Å². The minimum Gasteiger partial charge on any atom is -0.508 e. The Balaban J connectivity index is 1.81. The van der Waals surface area contributed by atoms with Gasteiger partial charge in [-0.25, -0.2) is 0 Å². The number of unbranched alkanes of at least 4 members (excludes halogenated alkanes) is 1. The van der Waals surface area contributed by atoms with Crippen molar-refractivity contribution < 1.29 is 19.2 Å². The number of nitrogens with two attached hydrogens (primary N) is 4. The van der Waals surface area contributed by atoms with Crippen LogP contribution >= 0.6 is 0 Å². The third-order valence-corrected chi connectivity index (χ3v) is 7.20. The normalized spacial score (nSPS) is 13.2. The summed E-state index contributed by atoms with van der Waals surface area (Å²) in [6, 6.07) is 10.6. The first-order chi connectivity index (χ1) is 21.1. The number of hydrogen-bond acceptors (Lipinski definition) is 10. The number of nitrogens with zero attached hydrogens (tertiary/aromatic N) is 3. The molecule has 13 heteroatoms. The van der Waals surface area contributed by atoms with E-state index in [-0.39, 0.29) is 30.1 Å². The van der Waals surface area contributed by atoms with Crippen molar-refractivity contribution in [1.29, 1.82) is 0 Å². The molecule has 0 aliphatic carbocycles. The molecule has 2 aromatic carbocycles. The molecule has 0 radical (unpaired) electrons. The van der Waals surface area contributed by atoms with Gasteiger partial charge in [-0.1, -0.05) is 41.9 Å². The lowest BCUT2D eigenvalue weighted by Crippen LogP contribution is -2.52. The molecule has 44 heavy (non-hydrogen) atoms. The molecule has 0 spiro atoms. The van der Waals surface area contributed by atoms with Crippen LogP contribution in [-0.4, -0.2) is 64.6 Å². The third-order valence-electron chi connectivity index (χ3n) is 7.20. The van der Waals surface area contributed by atoms with Crippen molar-refractivity contribution in [2.24, 2.45) is 27.9 Å². The molecule has 11 N–H and O–H groups in total. The Morgan fingerprint density at radius 2 is 1.75 bits per heavy atom. The Kier molecular flexibility index (Phi) is 13.3. The summed E-state index contributed by atoms with van der Waals surface area (Å²) < 4.78 is 5.65. The zero-order valence-corrected chi connectivity index (χ0v) is 25.5. The van der Waals surface area contributed by atoms with Gasteiger partial charge in [0.05, 0.1) is 12.1 Å². The molecule has 0 unspecified atom stereocenters. The Labute approximate surface area is 257 Å². The first kappa shape index (κ1) is 34.2. The van der Waals surface area contributed by atoms with Crippen LogP contribution in [-0.2, 0) is 11.2 Å². The molecule has 0 bridgehead atoms. The van der Waals surface area contributed by atoms with Gasteiger partial charge in [0, 0.05) is 25.1 Å². The number of aromatic hydroxyl groups is 1. The molecule has 3 atom stereocenters. The monoisotopic (exact) mass is 607 g/mol. The molecule has 1 heterocycles. The van der Waals surface area contributed by atoms with Crippen molar-refractivity contribution in [1.82, 2.24) is 20.8 Å². The number of rotatable bonds is 18. The number of aromatic nitrogens is 2. The van der Waals surface area contributed by atoms with Gasteiger partial charge in [0.25, 0.3) is 0 Å². The van der Waals surface area contributed by atoms with Gasteiger partial charge in [-0.15, -0.1) is 0 Å². The zero-order chi connectivity index (χ0) is 32.1. The van der Waals surface area contributed by atoms with Gasteiger partial charge in [-0.2, -0.15) is 4.98 Å². The lowest BCUT2D eigenvalue weighted by atomic mass is 9.94. The number of guanidine groups is 1. The number of nitrogens with one attached hydrogen (secondary N) is 2. The van der Waals surface area contributed by atoms with Crippen molar-refractivity contribution in [3.8, 4) is 5.75 Å². The van der Waals surface area contributed by atoms with Gasteiger partial charge < -0.3 is 43.2 Å². The van der Waals surface area contributed by atoms with E-state index >= 15 is 0 Å². The molecule has 13 nitrogen and oxygen atoms in total. The molecule has 1 aromatic heterocycles. The van der Waals surface area contributed by atoms with Crippen molar-refractivity contribution in [3.63, 3.8) is 0 Å². The summed E-state index contributed by atoms with van der Waals surface area (Å²) in [7, 11) is 0. The van der Waals surface area contributed by atoms with Crippen LogP contribution in [0.15, 0.2) is 52.0 Å². The highest BCUT2D eigenvalue weighted by Crippen LogP contribution is 2.23. The maximum atomic E-state index is 13.9. The molecule has 3 aromatic rings. The second-order valence-electron chi connectivity index (χ2n) is 10.9. The molecule has 0 saturated heterocycles. The van der Waals surface area contributed by atoms with Crippen LogP contribution in [0.5, 0.6) is 5.75 Å². The van der Waals surface area contributed by atoms with Gasteiger partial charge in [0.15, 0.2) is 17.6 Å². The molecule has 0 fully saturated rings. The number of benzene rings is 2. The Hall–Kier alpha value is -4.33. The van der Waals surface area contributed by atoms with Crippen LogP contribution in [0.3, 0.4) is 0 Å². The number of aliphatic imine (C=N–C) groups is 1. The largest absolute Gasteiger partial charge is 0.508 e. The second-order valence-corrected chi connectivity index (χ2v) is 10.9. The number of hydrogen-bond donors (Lipinski definition) is 7. The standard InChI is InChI=1S/C31H45N9O4/c1-19-15-22(41)16-20(2)27(19)28(42)25(38-29(43)23(33)11-8-14-36-31(34)35)18-37-24(12-6-7-13-32)30-39-26(40-44-30)17-21-9-4-3-5-10-21/h3-5,9-10,15-16,23-25,37,41H,6-8,11-14,17-18,32-33H2,1-2H3,(H,38,43)(H4,34,35,36)/t23-,24+,25+/m1/s1. The Morgan fingerprint density at radius 1 is 1.05 bits per heavy atom. The number of Topliss-reactive ketones (excluding diaryl/α,β-unsaturated/α-hetero) is 1. The summed E-state index contributed by atoms with van der Waals surface area (Å²) in [5.74, 6) is 0.157. The lowest BCUT2D eigenvalue weighted by Gasteiger charge is -2.24. The molecular formula is C31H45N9O4. The van der Waals surface area contributed by atoms with Gasteiger partial charge >= 0.3 is 0 Å². The number of carbonyl (C=O) groups is 2. The maximum Gasteiger partial charge on any atom is 0.243 e. The molecule has 0 aliphatic rings. The van der Waals surface area contributed by atoms with Crippen LogP contribution in [0.2, 0.25) is 0 Å². The Morgan fingerprint density at radius 3 is 2.41 bits per heavy atom. The highest BCUT2D eigenvalue weighted by atomic mass is 16.5. The summed E-state index contributed by atoms with van der Waals surface area (Å²) in [4.78, 5) is 35.6. The van der Waals surface area contributed by atoms with Crippen LogP contribution in [0.1, 0.15) is 76.9 Å². The SMILES string of the molecule is Cc1cc(O)cc(C)c1C(=O)[C@H](CN[C@@H](CCCCN)c1nc(Cc2ccccc2)no1)NC(=O)[C@H](N)CCCN=C(N)N. The number of phenolic OH excluding ortho intramolecular Hbond substituents is 1. The van der Waals surface area contributed by atoms with E-state index in [1.54, 1.807) is 13.8 Å². The van der Waals surface area contributed by atoms with Crippen molar-refractivity contribution in [3.05, 3.63) is 76.4 Å². The summed E-state index contributed by atoms with van der Waals surface area (Å²) >= 11 is 0. The molecule has 238 valence electrons. The van der Waals surface area contributed by atoms with Gasteiger partial charge in [0.1, 0.15) is 11.8 Å². The predicted octanol–water partition coefficient (Wildman–Crippen LogP) is 1.49. The average Bonchev–Trinajstić information content (AvgIpc) is 3.44. The van der Waals surface area contributed by atoms with E-state index in [2.05, 4.69) is 25.8 Å². The van der Waals surface area contributed by atoms with Crippen molar-refractivity contribution >= 4 is 17.6 Å². The third kappa shape index (κ3) is 10.4. The molecule has 0 aliphatic heterocycles. The number of phenols is 1. The molecular weight excluding hydrogens is 562 g/mol. The highest BCUT2D eigenvalue weighted by Gasteiger charge is 2.29. The maximum absolute atomic E-state index is 13.9. The summed E-state index contributed by atoms with van der Waals surface area (Å²) in [6.07, 6.45) is 3.53. The first-order valence-electron chi connectivity index (χ1n) is 14.8. The first-order valence-corrected chi connectivity index (χ1v) is 14.8. The van der Waals surface area contributed by atoms with Gasteiger partial charge in [0.2, 0.25) is 11.8 Å². The van der Waals surface area contributed by atoms with E-state index < -0.39 is 18.0 Å². The van der Waals surface area contributed by atoms with E-state index in [4.69, 9.17) is 27.5 Å². The Bertz CT molecular complexity index is 1370. The number of aryl methyl sites for hydroxylation is 2. The molecule has 3 rings (SSSR count). The zero-order valence-electron chi connectivity index (χ0n) is 25.5. The number of amides is 1. The quantitative estimate of drug-likeness (QED) is 0.0473. The van der Waals surface area contributed by atoms with E-state index in [1.165, 1.54) is 12.1 Å². The van der Waals surface area contributed by atoms with E-state index in [1.807, 2.05) is 30.3 Å². The van der Waals surface area contributed by atoms with Crippen LogP contribution in [0.4, 0.5) is 0 Å². The van der Waals surface area contributed by atoms with Gasteiger partial charge in [-0.3, -0.25) is 14.6 Å². The predicted molar refractivity (Wildman–Crippen MR) is 169 cm³/mol. The van der Waals surface area contributed by atoms with Gasteiger partial charge in [-0.05, 0) is 74.9 Å². The molecule has 1 amide bonds. The minimum atomic E-state index is -0.975. The second kappa shape index (κ2) is 17.1. The van der Waals surface area contributed by atoms with Crippen molar-refractivity contribution in [2.75, 3.05) is 19.6 Å². The van der Waals surface area contributed by atoms with E-state index in [0.717, 1.165) is 18.4 Å². The number of ketones is 1. The van der Waals surface area contributed by atoms with Crippen LogP contribution < -0.4 is 33.6 Å². The lowest BCUT2D eigenvalue weighted by molar-refractivity contribution is -0.123. The fourth-order valence-corrected chi connectivity index (χ4v) is 4.97. The highest BCUT2D eigenvalue weighted by molar-refractivity contribution is 6.04. The number of carbonyl (C=O) groups excluding carboxylic acids is 2. The smallest absolute Gasteiger partial charge is 0.243 e. The van der Waals surface area contributed by atoms with E-state index in [9.17, 15) is 14.7 Å². The van der Waals surface area contributed by atoms with Crippen LogP contribution in [0, 0.1) is 13.8 Å². The summed E-state index contributed by atoms with van der Waals surface area (Å²) in [5, 5.41) is 20.4. The molecule has 0 saturated carbocycles. The summed E-state index contributed by atoms with van der Waals surface area (Å²) in [5.41, 5.74) is 25.3. The topological polar surface area (TPSA) is 234 Å². The summed E-state index contributed by atoms with van der Waals surface area (Å²) in [6.45, 7) is 4.41. The van der Waals surface area contributed by atoms with Crippen molar-refractivity contribution in [2.45, 2.75) is 70.5 Å². The van der Waals surface area contributed by atoms with E-state index in [0.29, 0.717) is 67.2 Å².